The monoisotopic (exact) mass is 278 g/mol. The maximum absolute atomic E-state index is 6.15. The van der Waals surface area contributed by atoms with Gasteiger partial charge in [-0.15, -0.1) is 5.10 Å². The Morgan fingerprint density at radius 2 is 2.32 bits per heavy atom. The van der Waals surface area contributed by atoms with Crippen LogP contribution in [0, 0.1) is 0 Å². The number of benzene rings is 1. The zero-order valence-electron chi connectivity index (χ0n) is 10.7. The molecule has 0 amide bonds. The summed E-state index contributed by atoms with van der Waals surface area (Å²) in [4.78, 5) is 0. The Labute approximate surface area is 116 Å². The molecule has 2 aromatic rings. The fourth-order valence-corrected chi connectivity index (χ4v) is 2.73. The summed E-state index contributed by atoms with van der Waals surface area (Å²) in [5.41, 5.74) is 8.92. The number of fused-ring (bicyclic) bond motifs is 1. The topological polar surface area (TPSA) is 66.0 Å². The van der Waals surface area contributed by atoms with Gasteiger partial charge in [-0.3, -0.25) is 0 Å². The van der Waals surface area contributed by atoms with E-state index in [-0.39, 0.29) is 0 Å². The SMILES string of the molecule is CCc1c(N)nnn1Cc1cc(Cl)cc2c1OCC2. The highest BCUT2D eigenvalue weighted by molar-refractivity contribution is 6.30. The van der Waals surface area contributed by atoms with E-state index in [1.807, 2.05) is 23.7 Å². The first kappa shape index (κ1) is 12.3. The van der Waals surface area contributed by atoms with Crippen LogP contribution in [-0.2, 0) is 19.4 Å². The number of halogens is 1. The van der Waals surface area contributed by atoms with E-state index in [2.05, 4.69) is 10.3 Å². The van der Waals surface area contributed by atoms with Gasteiger partial charge in [0.1, 0.15) is 5.75 Å². The molecule has 1 aromatic heterocycles. The van der Waals surface area contributed by atoms with Gasteiger partial charge in [-0.25, -0.2) is 4.68 Å². The Morgan fingerprint density at radius 3 is 3.11 bits per heavy atom. The lowest BCUT2D eigenvalue weighted by atomic mass is 10.1. The molecule has 3 rings (SSSR count). The molecule has 2 N–H and O–H groups in total. The third-order valence-electron chi connectivity index (χ3n) is 3.35. The Kier molecular flexibility index (Phi) is 3.06. The fraction of sp³-hybridized carbons (Fsp3) is 0.385. The van der Waals surface area contributed by atoms with Gasteiger partial charge in [0, 0.05) is 17.0 Å². The second-order valence-corrected chi connectivity index (χ2v) is 5.02. The molecule has 0 unspecified atom stereocenters. The molecule has 6 heteroatoms. The van der Waals surface area contributed by atoms with Crippen molar-refractivity contribution in [2.45, 2.75) is 26.3 Å². The number of nitrogens with zero attached hydrogens (tertiary/aromatic N) is 3. The molecule has 1 aliphatic rings. The van der Waals surface area contributed by atoms with Crippen LogP contribution in [0.5, 0.6) is 5.75 Å². The van der Waals surface area contributed by atoms with Gasteiger partial charge < -0.3 is 10.5 Å². The Balaban J connectivity index is 1.99. The smallest absolute Gasteiger partial charge is 0.169 e. The molecule has 0 saturated carbocycles. The normalized spacial score (nSPS) is 13.4. The number of nitrogens with two attached hydrogens (primary N) is 1. The largest absolute Gasteiger partial charge is 0.493 e. The van der Waals surface area contributed by atoms with E-state index in [0.717, 1.165) is 40.4 Å². The zero-order chi connectivity index (χ0) is 13.4. The van der Waals surface area contributed by atoms with Gasteiger partial charge in [0.2, 0.25) is 0 Å². The van der Waals surface area contributed by atoms with E-state index in [1.165, 1.54) is 0 Å². The molecule has 0 radical (unpaired) electrons. The van der Waals surface area contributed by atoms with E-state index < -0.39 is 0 Å². The van der Waals surface area contributed by atoms with Crippen LogP contribution in [0.1, 0.15) is 23.7 Å². The van der Waals surface area contributed by atoms with Gasteiger partial charge in [0.25, 0.3) is 0 Å². The van der Waals surface area contributed by atoms with Crippen LogP contribution in [0.4, 0.5) is 5.82 Å². The van der Waals surface area contributed by atoms with Crippen molar-refractivity contribution >= 4 is 17.4 Å². The van der Waals surface area contributed by atoms with Gasteiger partial charge in [0.15, 0.2) is 5.82 Å². The van der Waals surface area contributed by atoms with Crippen molar-refractivity contribution in [2.24, 2.45) is 0 Å². The Bertz CT molecular complexity index is 623. The van der Waals surface area contributed by atoms with Crippen molar-refractivity contribution in [3.05, 3.63) is 34.0 Å². The highest BCUT2D eigenvalue weighted by Gasteiger charge is 2.19. The molecule has 0 saturated heterocycles. The summed E-state index contributed by atoms with van der Waals surface area (Å²) < 4.78 is 7.49. The molecular formula is C13H15ClN4O. The van der Waals surface area contributed by atoms with E-state index in [9.17, 15) is 0 Å². The maximum atomic E-state index is 6.15. The second kappa shape index (κ2) is 4.74. The van der Waals surface area contributed by atoms with Crippen molar-refractivity contribution in [3.63, 3.8) is 0 Å². The van der Waals surface area contributed by atoms with Crippen molar-refractivity contribution in [1.29, 1.82) is 0 Å². The van der Waals surface area contributed by atoms with Crippen LogP contribution in [0.15, 0.2) is 12.1 Å². The number of hydrogen-bond donors (Lipinski definition) is 1. The summed E-state index contributed by atoms with van der Waals surface area (Å²) >= 11 is 6.15. The molecule has 19 heavy (non-hydrogen) atoms. The third-order valence-corrected chi connectivity index (χ3v) is 3.57. The minimum atomic E-state index is 0.488. The molecule has 0 bridgehead atoms. The number of hydrogen-bond acceptors (Lipinski definition) is 4. The van der Waals surface area contributed by atoms with Gasteiger partial charge in [-0.05, 0) is 24.1 Å². The number of ether oxygens (including phenoxy) is 1. The summed E-state index contributed by atoms with van der Waals surface area (Å²) in [5.74, 6) is 1.42. The number of rotatable bonds is 3. The highest BCUT2D eigenvalue weighted by atomic mass is 35.5. The Hall–Kier alpha value is -1.75. The van der Waals surface area contributed by atoms with Crippen molar-refractivity contribution < 1.29 is 4.74 Å². The van der Waals surface area contributed by atoms with Crippen LogP contribution in [0.25, 0.3) is 0 Å². The minimum absolute atomic E-state index is 0.488. The van der Waals surface area contributed by atoms with Gasteiger partial charge in [-0.1, -0.05) is 23.7 Å². The lowest BCUT2D eigenvalue weighted by Crippen LogP contribution is -2.08. The lowest BCUT2D eigenvalue weighted by Gasteiger charge is -2.10. The summed E-state index contributed by atoms with van der Waals surface area (Å²) in [7, 11) is 0. The maximum Gasteiger partial charge on any atom is 0.169 e. The van der Waals surface area contributed by atoms with E-state index in [1.54, 1.807) is 0 Å². The summed E-state index contributed by atoms with van der Waals surface area (Å²) in [6.07, 6.45) is 1.70. The zero-order valence-corrected chi connectivity index (χ0v) is 11.4. The third kappa shape index (κ3) is 2.14. The van der Waals surface area contributed by atoms with E-state index in [4.69, 9.17) is 22.1 Å². The lowest BCUT2D eigenvalue weighted by molar-refractivity contribution is 0.352. The predicted molar refractivity (Wildman–Crippen MR) is 73.6 cm³/mol. The fourth-order valence-electron chi connectivity index (χ4n) is 2.46. The first-order chi connectivity index (χ1) is 9.19. The summed E-state index contributed by atoms with van der Waals surface area (Å²) in [6, 6.07) is 3.88. The standard InChI is InChI=1S/C13H15ClN4O/c1-2-11-13(15)16-17-18(11)7-9-6-10(14)5-8-3-4-19-12(8)9/h5-6H,2-4,7,15H2,1H3. The molecule has 5 nitrogen and oxygen atoms in total. The molecule has 0 aliphatic carbocycles. The average molecular weight is 279 g/mol. The second-order valence-electron chi connectivity index (χ2n) is 4.58. The van der Waals surface area contributed by atoms with Gasteiger partial charge in [-0.2, -0.15) is 0 Å². The number of aromatic nitrogens is 3. The summed E-state index contributed by atoms with van der Waals surface area (Å²) in [6.45, 7) is 3.32. The minimum Gasteiger partial charge on any atom is -0.493 e. The Morgan fingerprint density at radius 1 is 1.47 bits per heavy atom. The molecule has 0 spiro atoms. The van der Waals surface area contributed by atoms with Crippen LogP contribution in [-0.4, -0.2) is 21.6 Å². The average Bonchev–Trinajstić information content (AvgIpc) is 2.96. The molecule has 2 heterocycles. The molecule has 1 aliphatic heterocycles. The van der Waals surface area contributed by atoms with E-state index >= 15 is 0 Å². The first-order valence-corrected chi connectivity index (χ1v) is 6.68. The van der Waals surface area contributed by atoms with Crippen LogP contribution in [0.3, 0.4) is 0 Å². The quantitative estimate of drug-likeness (QED) is 0.933. The molecule has 0 fully saturated rings. The van der Waals surface area contributed by atoms with E-state index in [0.29, 0.717) is 19.0 Å². The van der Waals surface area contributed by atoms with Gasteiger partial charge >= 0.3 is 0 Å². The molecular weight excluding hydrogens is 264 g/mol. The first-order valence-electron chi connectivity index (χ1n) is 6.31. The predicted octanol–water partition coefficient (Wildman–Crippen LogP) is 2.06. The number of nitrogen functional groups attached to an aromatic ring is 1. The molecule has 0 atom stereocenters. The highest BCUT2D eigenvalue weighted by Crippen LogP contribution is 2.33. The molecule has 1 aromatic carbocycles. The van der Waals surface area contributed by atoms with Crippen LogP contribution in [0.2, 0.25) is 5.02 Å². The number of anilines is 1. The van der Waals surface area contributed by atoms with Gasteiger partial charge in [0.05, 0.1) is 18.8 Å². The van der Waals surface area contributed by atoms with Crippen molar-refractivity contribution in [1.82, 2.24) is 15.0 Å². The van der Waals surface area contributed by atoms with Crippen LogP contribution < -0.4 is 10.5 Å². The van der Waals surface area contributed by atoms with Crippen molar-refractivity contribution in [3.8, 4) is 5.75 Å². The van der Waals surface area contributed by atoms with Crippen LogP contribution >= 0.6 is 11.6 Å². The summed E-state index contributed by atoms with van der Waals surface area (Å²) in [5, 5.41) is 8.72. The molecule has 100 valence electrons. The van der Waals surface area contributed by atoms with Crippen molar-refractivity contribution in [2.75, 3.05) is 12.3 Å².